The molecule has 13 heteroatoms. The average molecular weight is 487 g/mol. The van der Waals surface area contributed by atoms with Crippen molar-refractivity contribution in [2.24, 2.45) is 7.05 Å². The monoisotopic (exact) mass is 486 g/mol. The van der Waals surface area contributed by atoms with E-state index in [0.717, 1.165) is 23.8 Å². The number of carbonyl (C=O) groups excluding carboxylic acids is 1. The van der Waals surface area contributed by atoms with Gasteiger partial charge in [-0.3, -0.25) is 4.79 Å². The van der Waals surface area contributed by atoms with E-state index in [1.165, 1.54) is 13.2 Å². The summed E-state index contributed by atoms with van der Waals surface area (Å²) in [4.78, 5) is 14.9. The molecular weight excluding hydrogens is 472 g/mol. The molecule has 0 aromatic carbocycles. The number of nitrogens with zero attached hydrogens (tertiary/aromatic N) is 2. The van der Waals surface area contributed by atoms with Crippen LogP contribution in [0.1, 0.15) is 24.3 Å². The van der Waals surface area contributed by atoms with Gasteiger partial charge in [0.1, 0.15) is 15.2 Å². The first-order valence-corrected chi connectivity index (χ1v) is 9.89. The zero-order valence-electron chi connectivity index (χ0n) is 14.7. The third kappa shape index (κ3) is 4.52. The van der Waals surface area contributed by atoms with E-state index in [1.54, 1.807) is 4.72 Å². The molecule has 7 nitrogen and oxygen atoms in total. The number of amides is 1. The molecule has 1 atom stereocenters. The number of anilines is 1. The molecule has 0 radical (unpaired) electrons. The lowest BCUT2D eigenvalue weighted by atomic mass is 10.2. The first kappa shape index (κ1) is 22.3. The van der Waals surface area contributed by atoms with E-state index >= 15 is 0 Å². The predicted octanol–water partition coefficient (Wildman–Crippen LogP) is 3.04. The Labute approximate surface area is 166 Å². The molecule has 154 valence electrons. The van der Waals surface area contributed by atoms with Crippen LogP contribution in [0, 0.1) is 11.6 Å². The van der Waals surface area contributed by atoms with Crippen LogP contribution in [0.4, 0.5) is 23.2 Å². The highest BCUT2D eigenvalue weighted by atomic mass is 79.9. The topological polar surface area (TPSA) is 93.1 Å². The van der Waals surface area contributed by atoms with Gasteiger partial charge in [0, 0.05) is 26.4 Å². The van der Waals surface area contributed by atoms with Gasteiger partial charge < -0.3 is 9.88 Å². The number of alkyl halides is 2. The zero-order chi connectivity index (χ0) is 21.4. The molecule has 28 heavy (non-hydrogen) atoms. The molecule has 2 N–H and O–H groups in total. The Bertz CT molecular complexity index is 1020. The fourth-order valence-corrected chi connectivity index (χ4v) is 3.87. The number of pyridine rings is 1. The first-order chi connectivity index (χ1) is 12.8. The summed E-state index contributed by atoms with van der Waals surface area (Å²) in [6, 6.07) is -0.707. The van der Waals surface area contributed by atoms with Gasteiger partial charge in [-0.2, -0.15) is 0 Å². The maximum absolute atomic E-state index is 14.7. The molecule has 0 aliphatic carbocycles. The summed E-state index contributed by atoms with van der Waals surface area (Å²) in [5.74, 6) is -6.93. The van der Waals surface area contributed by atoms with E-state index in [0.29, 0.717) is 6.92 Å². The van der Waals surface area contributed by atoms with Crippen LogP contribution in [-0.4, -0.2) is 35.8 Å². The Morgan fingerprint density at radius 1 is 1.32 bits per heavy atom. The number of rotatable bonds is 6. The molecule has 0 saturated carbocycles. The molecular formula is C15H15BrF4N4O3S. The second kappa shape index (κ2) is 7.79. The lowest BCUT2D eigenvalue weighted by Crippen LogP contribution is -2.43. The highest BCUT2D eigenvalue weighted by molar-refractivity contribution is 9.10. The second-order valence-corrected chi connectivity index (χ2v) is 8.42. The van der Waals surface area contributed by atoms with Crippen molar-refractivity contribution in [3.8, 4) is 0 Å². The van der Waals surface area contributed by atoms with Crippen molar-refractivity contribution in [1.82, 2.24) is 14.3 Å². The van der Waals surface area contributed by atoms with Crippen LogP contribution in [-0.2, 0) is 17.1 Å². The van der Waals surface area contributed by atoms with Gasteiger partial charge in [-0.1, -0.05) is 0 Å². The first-order valence-electron chi connectivity index (χ1n) is 7.62. The summed E-state index contributed by atoms with van der Waals surface area (Å²) in [6.45, 7) is 1.41. The van der Waals surface area contributed by atoms with Crippen LogP contribution in [0.5, 0.6) is 0 Å². The summed E-state index contributed by atoms with van der Waals surface area (Å²) in [5.41, 5.74) is -1.06. The SMILES string of the molecule is CC(NS(=O)(=O)c1cn(C)c(C(=O)Nc2ccnc(Br)c2F)c1F)C(C)(F)F. The Hall–Kier alpha value is -1.99. The molecule has 0 aliphatic heterocycles. The van der Waals surface area contributed by atoms with Gasteiger partial charge in [0.25, 0.3) is 11.8 Å². The summed E-state index contributed by atoms with van der Waals surface area (Å²) in [6.07, 6.45) is 1.93. The third-order valence-electron chi connectivity index (χ3n) is 3.78. The Morgan fingerprint density at radius 2 is 1.93 bits per heavy atom. The van der Waals surface area contributed by atoms with Crippen molar-refractivity contribution in [2.75, 3.05) is 5.32 Å². The molecule has 1 amide bonds. The van der Waals surface area contributed by atoms with Crippen LogP contribution in [0.25, 0.3) is 0 Å². The highest BCUT2D eigenvalue weighted by Gasteiger charge is 2.36. The minimum Gasteiger partial charge on any atom is -0.343 e. The number of aryl methyl sites for hydroxylation is 1. The lowest BCUT2D eigenvalue weighted by molar-refractivity contribution is -0.00490. The summed E-state index contributed by atoms with van der Waals surface area (Å²) < 4.78 is 81.9. The van der Waals surface area contributed by atoms with Crippen molar-refractivity contribution in [1.29, 1.82) is 0 Å². The maximum atomic E-state index is 14.7. The van der Waals surface area contributed by atoms with Gasteiger partial charge in [0.05, 0.1) is 11.7 Å². The fourth-order valence-electron chi connectivity index (χ4n) is 2.11. The molecule has 2 rings (SSSR count). The summed E-state index contributed by atoms with van der Waals surface area (Å²) in [5, 5.41) is 2.10. The lowest BCUT2D eigenvalue weighted by Gasteiger charge is -2.20. The van der Waals surface area contributed by atoms with E-state index in [1.807, 2.05) is 0 Å². The molecule has 0 fully saturated rings. The van der Waals surface area contributed by atoms with Gasteiger partial charge >= 0.3 is 0 Å². The normalized spacial score (nSPS) is 13.4. The van der Waals surface area contributed by atoms with Crippen LogP contribution < -0.4 is 10.0 Å². The minimum atomic E-state index is -4.69. The van der Waals surface area contributed by atoms with E-state index in [-0.39, 0.29) is 10.3 Å². The number of hydrogen-bond acceptors (Lipinski definition) is 4. The number of sulfonamides is 1. The van der Waals surface area contributed by atoms with Crippen molar-refractivity contribution >= 4 is 37.5 Å². The molecule has 0 saturated heterocycles. The molecule has 0 bridgehead atoms. The highest BCUT2D eigenvalue weighted by Crippen LogP contribution is 2.25. The van der Waals surface area contributed by atoms with E-state index in [9.17, 15) is 30.8 Å². The van der Waals surface area contributed by atoms with Crippen molar-refractivity contribution < 1.29 is 30.8 Å². The number of hydrogen-bond donors (Lipinski definition) is 2. The molecule has 2 heterocycles. The van der Waals surface area contributed by atoms with Crippen molar-refractivity contribution in [3.63, 3.8) is 0 Å². The molecule has 2 aromatic heterocycles. The van der Waals surface area contributed by atoms with Crippen molar-refractivity contribution in [2.45, 2.75) is 30.7 Å². The summed E-state index contributed by atoms with van der Waals surface area (Å²) in [7, 11) is -3.52. The minimum absolute atomic E-state index is 0.195. The van der Waals surface area contributed by atoms with E-state index in [2.05, 4.69) is 26.2 Å². The quantitative estimate of drug-likeness (QED) is 0.484. The fraction of sp³-hybridized carbons (Fsp3) is 0.333. The van der Waals surface area contributed by atoms with Crippen LogP contribution in [0.15, 0.2) is 28.0 Å². The van der Waals surface area contributed by atoms with Crippen molar-refractivity contribution in [3.05, 3.63) is 40.4 Å². The second-order valence-electron chi connectivity index (χ2n) is 5.98. The number of halogens is 5. The summed E-state index contributed by atoms with van der Waals surface area (Å²) >= 11 is 2.82. The van der Waals surface area contributed by atoms with Gasteiger partial charge in [-0.05, 0) is 28.9 Å². The van der Waals surface area contributed by atoms with Gasteiger partial charge in [-0.15, -0.1) is 0 Å². The maximum Gasteiger partial charge on any atom is 0.275 e. The average Bonchev–Trinajstić information content (AvgIpc) is 2.86. The van der Waals surface area contributed by atoms with Crippen LogP contribution in [0.3, 0.4) is 0 Å². The molecule has 1 unspecified atom stereocenters. The van der Waals surface area contributed by atoms with Crippen LogP contribution >= 0.6 is 15.9 Å². The third-order valence-corrected chi connectivity index (χ3v) is 5.86. The number of aromatic nitrogens is 2. The number of nitrogens with one attached hydrogen (secondary N) is 2. The van der Waals surface area contributed by atoms with E-state index in [4.69, 9.17) is 0 Å². The van der Waals surface area contributed by atoms with Gasteiger partial charge in [-0.25, -0.2) is 35.7 Å². The number of carbonyl (C=O) groups is 1. The Kier molecular flexibility index (Phi) is 6.21. The Balaban J connectivity index is 2.38. The smallest absolute Gasteiger partial charge is 0.275 e. The largest absolute Gasteiger partial charge is 0.343 e. The van der Waals surface area contributed by atoms with Gasteiger partial charge in [0.2, 0.25) is 10.0 Å². The molecule has 0 spiro atoms. The molecule has 2 aromatic rings. The Morgan fingerprint density at radius 3 is 2.50 bits per heavy atom. The standard InChI is InChI=1S/C15H15BrF4N4O3S/c1-7(15(2,19)20)23-28(26,27)9-6-24(3)12(11(9)18)14(25)22-8-4-5-21-13(16)10(8)17/h4-7,23H,1-3H3,(H,21,22,25). The van der Waals surface area contributed by atoms with E-state index < -0.39 is 50.1 Å². The molecule has 0 aliphatic rings. The van der Waals surface area contributed by atoms with Crippen LogP contribution in [0.2, 0.25) is 0 Å². The van der Waals surface area contributed by atoms with Gasteiger partial charge in [0.15, 0.2) is 11.6 Å². The zero-order valence-corrected chi connectivity index (χ0v) is 17.1. The predicted molar refractivity (Wildman–Crippen MR) is 95.6 cm³/mol.